The Hall–Kier alpha value is -0.913. The van der Waals surface area contributed by atoms with E-state index in [2.05, 4.69) is 33.9 Å². The Morgan fingerprint density at radius 2 is 1.74 bits per heavy atom. The predicted molar refractivity (Wildman–Crippen MR) is 97.6 cm³/mol. The second kappa shape index (κ2) is 6.53. The molecule has 128 valence electrons. The van der Waals surface area contributed by atoms with E-state index in [9.17, 15) is 8.42 Å². The van der Waals surface area contributed by atoms with Gasteiger partial charge in [0.25, 0.3) is 0 Å². The van der Waals surface area contributed by atoms with Gasteiger partial charge in [0.05, 0.1) is 11.0 Å². The van der Waals surface area contributed by atoms with Gasteiger partial charge in [0, 0.05) is 4.91 Å². The van der Waals surface area contributed by atoms with Crippen LogP contribution < -0.4 is 0 Å². The summed E-state index contributed by atoms with van der Waals surface area (Å²) in [5, 5.41) is 0.122. The summed E-state index contributed by atoms with van der Waals surface area (Å²) in [6.07, 6.45) is 4.14. The Morgan fingerprint density at radius 3 is 2.30 bits per heavy atom. The SMILES string of the molecule is CC(C)(C)[Si](C)(C)O[C@@H]1C=C(S(=O)(=O)c2ccccc2)CCC1. The molecule has 0 heterocycles. The van der Waals surface area contributed by atoms with Gasteiger partial charge in [0.1, 0.15) is 0 Å². The Labute approximate surface area is 141 Å². The Balaban J connectivity index is 2.26. The van der Waals surface area contributed by atoms with Crippen LogP contribution in [0.4, 0.5) is 0 Å². The zero-order valence-electron chi connectivity index (χ0n) is 14.8. The fourth-order valence-corrected chi connectivity index (χ4v) is 5.33. The first-order chi connectivity index (χ1) is 10.5. The third-order valence-electron chi connectivity index (χ3n) is 4.93. The van der Waals surface area contributed by atoms with Crippen molar-refractivity contribution in [2.75, 3.05) is 0 Å². The van der Waals surface area contributed by atoms with E-state index in [1.165, 1.54) is 0 Å². The maximum absolute atomic E-state index is 12.8. The van der Waals surface area contributed by atoms with Crippen molar-refractivity contribution >= 4 is 18.2 Å². The van der Waals surface area contributed by atoms with Crippen LogP contribution in [0.1, 0.15) is 40.0 Å². The highest BCUT2D eigenvalue weighted by atomic mass is 32.2. The molecule has 0 N–H and O–H groups in total. The van der Waals surface area contributed by atoms with Crippen molar-refractivity contribution in [3.63, 3.8) is 0 Å². The van der Waals surface area contributed by atoms with Gasteiger partial charge < -0.3 is 4.43 Å². The topological polar surface area (TPSA) is 43.4 Å². The molecule has 0 fully saturated rings. The molecule has 0 spiro atoms. The zero-order chi connectivity index (χ0) is 17.3. The molecule has 0 bridgehead atoms. The van der Waals surface area contributed by atoms with Crippen LogP contribution in [-0.2, 0) is 14.3 Å². The lowest BCUT2D eigenvalue weighted by Crippen LogP contribution is -2.44. The monoisotopic (exact) mass is 352 g/mol. The first-order valence-electron chi connectivity index (χ1n) is 8.23. The predicted octanol–water partition coefficient (Wildman–Crippen LogP) is 4.92. The van der Waals surface area contributed by atoms with Crippen molar-refractivity contribution in [1.82, 2.24) is 0 Å². The Kier molecular flexibility index (Phi) is 5.23. The molecule has 0 aliphatic heterocycles. The van der Waals surface area contributed by atoms with Gasteiger partial charge in [0.2, 0.25) is 9.84 Å². The third-order valence-corrected chi connectivity index (χ3v) is 11.4. The van der Waals surface area contributed by atoms with E-state index in [4.69, 9.17) is 4.43 Å². The van der Waals surface area contributed by atoms with Gasteiger partial charge in [-0.15, -0.1) is 0 Å². The van der Waals surface area contributed by atoms with Crippen LogP contribution in [0, 0.1) is 0 Å². The van der Waals surface area contributed by atoms with Crippen molar-refractivity contribution in [3.05, 3.63) is 41.3 Å². The lowest BCUT2D eigenvalue weighted by atomic mass is 10.1. The van der Waals surface area contributed by atoms with E-state index in [-0.39, 0.29) is 11.1 Å². The molecule has 0 saturated heterocycles. The van der Waals surface area contributed by atoms with Crippen LogP contribution in [0.25, 0.3) is 0 Å². The molecule has 23 heavy (non-hydrogen) atoms. The van der Waals surface area contributed by atoms with Crippen molar-refractivity contribution in [1.29, 1.82) is 0 Å². The summed E-state index contributed by atoms with van der Waals surface area (Å²) >= 11 is 0. The lowest BCUT2D eigenvalue weighted by Gasteiger charge is -2.39. The molecule has 1 aromatic rings. The van der Waals surface area contributed by atoms with E-state index < -0.39 is 18.2 Å². The molecule has 0 saturated carbocycles. The maximum Gasteiger partial charge on any atom is 0.202 e. The van der Waals surface area contributed by atoms with Crippen molar-refractivity contribution in [2.45, 2.75) is 69.2 Å². The number of rotatable bonds is 4. The molecule has 0 unspecified atom stereocenters. The quantitative estimate of drug-likeness (QED) is 0.723. The van der Waals surface area contributed by atoms with Crippen molar-refractivity contribution < 1.29 is 12.8 Å². The van der Waals surface area contributed by atoms with Crippen molar-refractivity contribution in [2.24, 2.45) is 0 Å². The summed E-state index contributed by atoms with van der Waals surface area (Å²) in [7, 11) is -5.29. The van der Waals surface area contributed by atoms with E-state index in [1.54, 1.807) is 24.3 Å². The minimum Gasteiger partial charge on any atom is -0.411 e. The van der Waals surface area contributed by atoms with Crippen LogP contribution >= 0.6 is 0 Å². The van der Waals surface area contributed by atoms with E-state index in [0.717, 1.165) is 12.8 Å². The first-order valence-corrected chi connectivity index (χ1v) is 12.6. The minimum atomic E-state index is -3.39. The highest BCUT2D eigenvalue weighted by Crippen LogP contribution is 2.39. The van der Waals surface area contributed by atoms with Gasteiger partial charge in [-0.3, -0.25) is 0 Å². The second-order valence-corrected chi connectivity index (χ2v) is 14.5. The summed E-state index contributed by atoms with van der Waals surface area (Å²) in [6.45, 7) is 11.0. The second-order valence-electron chi connectivity index (χ2n) is 7.76. The average molecular weight is 353 g/mol. The lowest BCUT2D eigenvalue weighted by molar-refractivity contribution is 0.206. The van der Waals surface area contributed by atoms with Gasteiger partial charge >= 0.3 is 0 Å². The average Bonchev–Trinajstić information content (AvgIpc) is 2.47. The normalized spacial score (nSPS) is 20.2. The first kappa shape index (κ1) is 18.4. The van der Waals surface area contributed by atoms with E-state index >= 15 is 0 Å². The summed E-state index contributed by atoms with van der Waals surface area (Å²) in [6, 6.07) is 8.68. The summed E-state index contributed by atoms with van der Waals surface area (Å²) in [4.78, 5) is 0.887. The molecule has 2 rings (SSSR count). The number of allylic oxidation sites excluding steroid dienone is 1. The van der Waals surface area contributed by atoms with E-state index in [0.29, 0.717) is 16.2 Å². The van der Waals surface area contributed by atoms with Gasteiger partial charge in [-0.05, 0) is 55.6 Å². The molecule has 5 heteroatoms. The Bertz CT molecular complexity index is 670. The molecule has 0 aromatic heterocycles. The molecule has 1 atom stereocenters. The van der Waals surface area contributed by atoms with Gasteiger partial charge in [-0.25, -0.2) is 8.42 Å². The number of benzene rings is 1. The summed E-state index contributed by atoms with van der Waals surface area (Å²) in [5.41, 5.74) is 0. The van der Waals surface area contributed by atoms with Crippen molar-refractivity contribution in [3.8, 4) is 0 Å². The van der Waals surface area contributed by atoms with Gasteiger partial charge in [-0.1, -0.05) is 39.0 Å². The fraction of sp³-hybridized carbons (Fsp3) is 0.556. The fourth-order valence-electron chi connectivity index (χ4n) is 2.47. The highest BCUT2D eigenvalue weighted by molar-refractivity contribution is 7.95. The van der Waals surface area contributed by atoms with Gasteiger partial charge in [0.15, 0.2) is 8.32 Å². The highest BCUT2D eigenvalue weighted by Gasteiger charge is 2.39. The number of hydrogen-bond donors (Lipinski definition) is 0. The summed E-state index contributed by atoms with van der Waals surface area (Å²) in [5.74, 6) is 0. The van der Waals surface area contributed by atoms with Crippen LogP contribution in [0.2, 0.25) is 18.1 Å². The Morgan fingerprint density at radius 1 is 1.13 bits per heavy atom. The van der Waals surface area contributed by atoms with Crippen LogP contribution in [0.5, 0.6) is 0 Å². The number of sulfone groups is 1. The van der Waals surface area contributed by atoms with E-state index in [1.807, 2.05) is 12.1 Å². The molecule has 1 aliphatic rings. The smallest absolute Gasteiger partial charge is 0.202 e. The molecular weight excluding hydrogens is 324 g/mol. The molecule has 1 aromatic carbocycles. The molecule has 3 nitrogen and oxygen atoms in total. The summed E-state index contributed by atoms with van der Waals surface area (Å²) < 4.78 is 32.0. The third kappa shape index (κ3) is 4.14. The van der Waals surface area contributed by atoms with Gasteiger partial charge in [-0.2, -0.15) is 0 Å². The van der Waals surface area contributed by atoms with Crippen LogP contribution in [-0.4, -0.2) is 22.8 Å². The molecule has 1 aliphatic carbocycles. The zero-order valence-corrected chi connectivity index (χ0v) is 16.6. The van der Waals surface area contributed by atoms with Crippen LogP contribution in [0.15, 0.2) is 46.2 Å². The molecule has 0 radical (unpaired) electrons. The van der Waals surface area contributed by atoms with Crippen LogP contribution in [0.3, 0.4) is 0 Å². The molecular formula is C18H28O3SSi. The number of hydrogen-bond acceptors (Lipinski definition) is 3. The minimum absolute atomic E-state index is 0.0851. The largest absolute Gasteiger partial charge is 0.411 e. The standard InChI is InChI=1S/C18H28O3SSi/c1-18(2,3)23(4,5)21-15-10-9-13-17(14-15)22(19,20)16-11-7-6-8-12-16/h6-8,11-12,14-15H,9-10,13H2,1-5H3/t15-/m0/s1. The maximum atomic E-state index is 12.8. The molecule has 0 amide bonds.